The summed E-state index contributed by atoms with van der Waals surface area (Å²) >= 11 is 0. The molecule has 1 saturated heterocycles. The van der Waals surface area contributed by atoms with Crippen LogP contribution in [0.3, 0.4) is 0 Å². The molecule has 1 heterocycles. The van der Waals surface area contributed by atoms with Gasteiger partial charge >= 0.3 is 6.09 Å². The minimum Gasteiger partial charge on any atom is -0.444 e. The predicted octanol–water partition coefficient (Wildman–Crippen LogP) is 3.79. The Labute approximate surface area is 185 Å². The maximum atomic E-state index is 12.8. The highest BCUT2D eigenvalue weighted by molar-refractivity contribution is 5.82. The fraction of sp³-hybridized carbons (Fsp3) is 0.440. The minimum absolute atomic E-state index is 0.0235. The molecule has 2 aromatic carbocycles. The fourth-order valence-electron chi connectivity index (χ4n) is 3.82. The number of hydrogen-bond acceptors (Lipinski definition) is 4. The number of hydrogen-bond donors (Lipinski definition) is 0. The number of carbonyl (C=O) groups is 2. The monoisotopic (exact) mass is 423 g/mol. The lowest BCUT2D eigenvalue weighted by Gasteiger charge is -2.40. The molecule has 0 saturated carbocycles. The number of amides is 2. The highest BCUT2D eigenvalue weighted by Gasteiger charge is 2.29. The zero-order valence-electron chi connectivity index (χ0n) is 19.0. The molecule has 0 atom stereocenters. The maximum Gasteiger partial charge on any atom is 0.410 e. The molecule has 0 radical (unpaired) electrons. The topological polar surface area (TPSA) is 53.1 Å². The fourth-order valence-corrected chi connectivity index (χ4v) is 3.82. The Kier molecular flexibility index (Phi) is 7.33. The summed E-state index contributed by atoms with van der Waals surface area (Å²) in [5.41, 5.74) is 1.92. The second-order valence-corrected chi connectivity index (χ2v) is 8.98. The zero-order valence-corrected chi connectivity index (χ0v) is 19.0. The number of nitrogens with zero attached hydrogens (tertiary/aromatic N) is 3. The van der Waals surface area contributed by atoms with Crippen LogP contribution >= 0.6 is 0 Å². The van der Waals surface area contributed by atoms with Crippen molar-refractivity contribution in [3.8, 4) is 0 Å². The van der Waals surface area contributed by atoms with Crippen molar-refractivity contribution in [2.24, 2.45) is 0 Å². The molecule has 0 bridgehead atoms. The van der Waals surface area contributed by atoms with Crippen molar-refractivity contribution in [3.05, 3.63) is 71.8 Å². The van der Waals surface area contributed by atoms with Gasteiger partial charge in [0.2, 0.25) is 5.91 Å². The summed E-state index contributed by atoms with van der Waals surface area (Å²) in [5, 5.41) is 0. The molecule has 6 heteroatoms. The Morgan fingerprint density at radius 3 is 1.84 bits per heavy atom. The van der Waals surface area contributed by atoms with Gasteiger partial charge in [-0.1, -0.05) is 60.7 Å². The van der Waals surface area contributed by atoms with E-state index in [9.17, 15) is 9.59 Å². The van der Waals surface area contributed by atoms with Crippen LogP contribution in [0.25, 0.3) is 0 Å². The third-order valence-corrected chi connectivity index (χ3v) is 5.34. The molecule has 1 aliphatic heterocycles. The lowest BCUT2D eigenvalue weighted by atomic mass is 9.96. The van der Waals surface area contributed by atoms with Gasteiger partial charge in [0.1, 0.15) is 12.1 Å². The van der Waals surface area contributed by atoms with E-state index >= 15 is 0 Å². The van der Waals surface area contributed by atoms with Gasteiger partial charge < -0.3 is 14.5 Å². The van der Waals surface area contributed by atoms with Crippen LogP contribution in [0.15, 0.2) is 60.7 Å². The van der Waals surface area contributed by atoms with Crippen molar-refractivity contribution >= 4 is 12.0 Å². The van der Waals surface area contributed by atoms with E-state index in [1.165, 1.54) is 16.0 Å². The summed E-state index contributed by atoms with van der Waals surface area (Å²) in [5.74, 6) is -0.0519. The minimum atomic E-state index is -0.579. The number of likely N-dealkylation sites (N-methyl/N-ethyl adjacent to an activating group) is 1. The molecular formula is C25H33N3O3. The number of benzene rings is 2. The van der Waals surface area contributed by atoms with Crippen LogP contribution in [-0.2, 0) is 9.53 Å². The molecule has 0 N–H and O–H groups in total. The summed E-state index contributed by atoms with van der Waals surface area (Å²) in [6.07, 6.45) is -0.479. The van der Waals surface area contributed by atoms with Gasteiger partial charge in [0.05, 0.1) is 6.04 Å². The average molecular weight is 424 g/mol. The normalized spacial score (nSPS) is 15.1. The van der Waals surface area contributed by atoms with Crippen LogP contribution < -0.4 is 0 Å². The Balaban J connectivity index is 1.62. The molecule has 31 heavy (non-hydrogen) atoms. The molecule has 3 rings (SSSR count). The van der Waals surface area contributed by atoms with Crippen molar-refractivity contribution < 1.29 is 14.3 Å². The molecule has 2 amide bonds. The van der Waals surface area contributed by atoms with Gasteiger partial charge in [-0.3, -0.25) is 9.69 Å². The number of carbonyl (C=O) groups excluding carboxylic acids is 2. The second-order valence-electron chi connectivity index (χ2n) is 8.98. The van der Waals surface area contributed by atoms with E-state index in [1.807, 2.05) is 37.8 Å². The summed E-state index contributed by atoms with van der Waals surface area (Å²) in [7, 11) is 1.60. The van der Waals surface area contributed by atoms with E-state index in [0.717, 1.165) is 13.1 Å². The Hall–Kier alpha value is -2.86. The first kappa shape index (κ1) is 22.8. The molecule has 0 spiro atoms. The van der Waals surface area contributed by atoms with Gasteiger partial charge in [0, 0.05) is 33.2 Å². The van der Waals surface area contributed by atoms with E-state index in [0.29, 0.717) is 13.1 Å². The molecular weight excluding hydrogens is 390 g/mol. The zero-order chi connectivity index (χ0) is 22.4. The molecule has 0 unspecified atom stereocenters. The van der Waals surface area contributed by atoms with Crippen molar-refractivity contribution in [3.63, 3.8) is 0 Å². The number of rotatable bonds is 5. The van der Waals surface area contributed by atoms with Crippen LogP contribution in [0.1, 0.15) is 37.9 Å². The first-order chi connectivity index (χ1) is 14.7. The van der Waals surface area contributed by atoms with Crippen LogP contribution in [-0.4, -0.2) is 72.1 Å². The van der Waals surface area contributed by atoms with Gasteiger partial charge in [-0.2, -0.15) is 0 Å². The quantitative estimate of drug-likeness (QED) is 0.734. The first-order valence-corrected chi connectivity index (χ1v) is 10.8. The first-order valence-electron chi connectivity index (χ1n) is 10.8. The smallest absolute Gasteiger partial charge is 0.410 e. The predicted molar refractivity (Wildman–Crippen MR) is 122 cm³/mol. The summed E-state index contributed by atoms with van der Waals surface area (Å²) in [4.78, 5) is 30.5. The van der Waals surface area contributed by atoms with Crippen LogP contribution in [0, 0.1) is 0 Å². The van der Waals surface area contributed by atoms with Crippen molar-refractivity contribution in [1.82, 2.24) is 14.7 Å². The van der Waals surface area contributed by atoms with Gasteiger partial charge in [-0.05, 0) is 31.9 Å². The van der Waals surface area contributed by atoms with Gasteiger partial charge in [-0.25, -0.2) is 4.79 Å². The summed E-state index contributed by atoms with van der Waals surface area (Å²) < 4.78 is 5.34. The standard InChI is InChI=1S/C25H33N3O3/c1-25(2,3)31-24(30)26(4)19-22(29)27-15-17-28(18-16-27)23(20-11-7-5-8-12-20)21-13-9-6-10-14-21/h5-14,23H,15-19H2,1-4H3. The van der Waals surface area contributed by atoms with E-state index in [1.54, 1.807) is 7.05 Å². The summed E-state index contributed by atoms with van der Waals surface area (Å²) in [6, 6.07) is 21.1. The molecule has 2 aromatic rings. The van der Waals surface area contributed by atoms with E-state index in [-0.39, 0.29) is 18.5 Å². The second kappa shape index (κ2) is 9.96. The van der Waals surface area contributed by atoms with Gasteiger partial charge in [0.25, 0.3) is 0 Å². The molecule has 1 fully saturated rings. The third-order valence-electron chi connectivity index (χ3n) is 5.34. The summed E-state index contributed by atoms with van der Waals surface area (Å²) in [6.45, 7) is 8.29. The lowest BCUT2D eigenvalue weighted by molar-refractivity contribution is -0.134. The van der Waals surface area contributed by atoms with Crippen LogP contribution in [0.4, 0.5) is 4.79 Å². The van der Waals surface area contributed by atoms with Crippen LogP contribution in [0.5, 0.6) is 0 Å². The average Bonchev–Trinajstić information content (AvgIpc) is 2.75. The van der Waals surface area contributed by atoms with Gasteiger partial charge in [-0.15, -0.1) is 0 Å². The Morgan fingerprint density at radius 1 is 0.903 bits per heavy atom. The highest BCUT2D eigenvalue weighted by Crippen LogP contribution is 2.29. The number of ether oxygens (including phenoxy) is 1. The Bertz CT molecular complexity index is 817. The third kappa shape index (κ3) is 6.31. The van der Waals surface area contributed by atoms with Crippen molar-refractivity contribution in [2.75, 3.05) is 39.8 Å². The SMILES string of the molecule is CN(CC(=O)N1CCN(C(c2ccccc2)c2ccccc2)CC1)C(=O)OC(C)(C)C. The molecule has 0 aliphatic carbocycles. The highest BCUT2D eigenvalue weighted by atomic mass is 16.6. The van der Waals surface area contributed by atoms with E-state index < -0.39 is 11.7 Å². The molecule has 6 nitrogen and oxygen atoms in total. The van der Waals surface area contributed by atoms with Crippen molar-refractivity contribution in [1.29, 1.82) is 0 Å². The molecule has 0 aromatic heterocycles. The van der Waals surface area contributed by atoms with Crippen molar-refractivity contribution in [2.45, 2.75) is 32.4 Å². The van der Waals surface area contributed by atoms with Gasteiger partial charge in [0.15, 0.2) is 0 Å². The molecule has 166 valence electrons. The number of piperazine rings is 1. The van der Waals surface area contributed by atoms with E-state index in [2.05, 4.69) is 53.4 Å². The maximum absolute atomic E-state index is 12.8. The molecule has 1 aliphatic rings. The van der Waals surface area contributed by atoms with E-state index in [4.69, 9.17) is 4.74 Å². The van der Waals surface area contributed by atoms with Crippen LogP contribution in [0.2, 0.25) is 0 Å². The largest absolute Gasteiger partial charge is 0.444 e. The lowest BCUT2D eigenvalue weighted by Crippen LogP contribution is -2.52. The Morgan fingerprint density at radius 2 is 1.39 bits per heavy atom.